The zero-order valence-electron chi connectivity index (χ0n) is 15.6. The SMILES string of the molecule is CCNC(=NCCCCCCC(=O)OCC)NCCc1ccccn1. The fourth-order valence-electron chi connectivity index (χ4n) is 2.36. The Hall–Kier alpha value is -2.11. The van der Waals surface area contributed by atoms with Gasteiger partial charge in [0.2, 0.25) is 0 Å². The van der Waals surface area contributed by atoms with E-state index in [9.17, 15) is 4.79 Å². The van der Waals surface area contributed by atoms with E-state index in [-0.39, 0.29) is 5.97 Å². The highest BCUT2D eigenvalue weighted by Crippen LogP contribution is 2.04. The van der Waals surface area contributed by atoms with Gasteiger partial charge in [0.15, 0.2) is 5.96 Å². The third-order valence-corrected chi connectivity index (χ3v) is 3.61. The quantitative estimate of drug-likeness (QED) is 0.263. The van der Waals surface area contributed by atoms with Crippen LogP contribution in [0.5, 0.6) is 0 Å². The van der Waals surface area contributed by atoms with Crippen LogP contribution in [0.25, 0.3) is 0 Å². The number of aromatic nitrogens is 1. The van der Waals surface area contributed by atoms with E-state index in [2.05, 4.69) is 27.5 Å². The smallest absolute Gasteiger partial charge is 0.305 e. The molecule has 0 aliphatic carbocycles. The minimum absolute atomic E-state index is 0.0907. The first-order valence-corrected chi connectivity index (χ1v) is 9.34. The summed E-state index contributed by atoms with van der Waals surface area (Å²) >= 11 is 0. The summed E-state index contributed by atoms with van der Waals surface area (Å²) in [5.74, 6) is 0.761. The van der Waals surface area contributed by atoms with Crippen LogP contribution in [-0.4, -0.2) is 43.2 Å². The molecule has 0 unspecified atom stereocenters. The Labute approximate surface area is 151 Å². The maximum absolute atomic E-state index is 11.2. The van der Waals surface area contributed by atoms with Crippen molar-refractivity contribution in [2.75, 3.05) is 26.2 Å². The van der Waals surface area contributed by atoms with Gasteiger partial charge in [-0.25, -0.2) is 0 Å². The van der Waals surface area contributed by atoms with Crippen LogP contribution in [0, 0.1) is 0 Å². The van der Waals surface area contributed by atoms with Crippen molar-refractivity contribution in [1.29, 1.82) is 0 Å². The van der Waals surface area contributed by atoms with E-state index in [0.29, 0.717) is 13.0 Å². The lowest BCUT2D eigenvalue weighted by Gasteiger charge is -2.11. The Morgan fingerprint density at radius 1 is 1.16 bits per heavy atom. The second-order valence-electron chi connectivity index (χ2n) is 5.73. The predicted octanol–water partition coefficient (Wildman–Crippen LogP) is 2.69. The summed E-state index contributed by atoms with van der Waals surface area (Å²) in [5, 5.41) is 6.60. The van der Waals surface area contributed by atoms with Gasteiger partial charge in [-0.05, 0) is 38.8 Å². The van der Waals surface area contributed by atoms with Gasteiger partial charge in [-0.1, -0.05) is 18.9 Å². The summed E-state index contributed by atoms with van der Waals surface area (Å²) < 4.78 is 4.92. The standard InChI is InChI=1S/C19H32N4O2/c1-3-20-19(23-16-13-17-11-8-10-14-21-17)22-15-9-6-5-7-12-18(24)25-4-2/h8,10-11,14H,3-7,9,12-13,15-16H2,1-2H3,(H2,20,22,23). The van der Waals surface area contributed by atoms with E-state index in [4.69, 9.17) is 4.74 Å². The molecular formula is C19H32N4O2. The monoisotopic (exact) mass is 348 g/mol. The van der Waals surface area contributed by atoms with E-state index < -0.39 is 0 Å². The number of carbonyl (C=O) groups excluding carboxylic acids is 1. The lowest BCUT2D eigenvalue weighted by atomic mass is 10.1. The molecule has 1 heterocycles. The van der Waals surface area contributed by atoms with E-state index in [1.807, 2.05) is 31.3 Å². The van der Waals surface area contributed by atoms with Gasteiger partial charge in [0, 0.05) is 44.4 Å². The second kappa shape index (κ2) is 14.3. The Morgan fingerprint density at radius 3 is 2.72 bits per heavy atom. The molecule has 0 spiro atoms. The van der Waals surface area contributed by atoms with E-state index in [1.165, 1.54) is 0 Å². The zero-order valence-corrected chi connectivity index (χ0v) is 15.6. The minimum Gasteiger partial charge on any atom is -0.466 e. The number of unbranched alkanes of at least 4 members (excludes halogenated alkanes) is 3. The molecule has 0 atom stereocenters. The van der Waals surface area contributed by atoms with Gasteiger partial charge < -0.3 is 15.4 Å². The molecule has 140 valence electrons. The first-order valence-electron chi connectivity index (χ1n) is 9.34. The summed E-state index contributed by atoms with van der Waals surface area (Å²) in [4.78, 5) is 20.1. The number of nitrogens with one attached hydrogen (secondary N) is 2. The number of guanidine groups is 1. The molecule has 0 bridgehead atoms. The van der Waals surface area contributed by atoms with Crippen LogP contribution in [-0.2, 0) is 16.0 Å². The Bertz CT molecular complexity index is 491. The van der Waals surface area contributed by atoms with Gasteiger partial charge in [0.05, 0.1) is 6.61 Å². The number of rotatable bonds is 12. The fourth-order valence-corrected chi connectivity index (χ4v) is 2.36. The minimum atomic E-state index is -0.0907. The van der Waals surface area contributed by atoms with Gasteiger partial charge in [0.1, 0.15) is 0 Å². The molecule has 0 aliphatic rings. The molecule has 0 aromatic carbocycles. The van der Waals surface area contributed by atoms with Crippen molar-refractivity contribution < 1.29 is 9.53 Å². The van der Waals surface area contributed by atoms with Crippen LogP contribution < -0.4 is 10.6 Å². The molecule has 0 fully saturated rings. The van der Waals surface area contributed by atoms with E-state index >= 15 is 0 Å². The number of nitrogens with zero attached hydrogens (tertiary/aromatic N) is 2. The number of carbonyl (C=O) groups is 1. The number of hydrogen-bond donors (Lipinski definition) is 2. The summed E-state index contributed by atoms with van der Waals surface area (Å²) in [6, 6.07) is 5.96. The average Bonchev–Trinajstić information content (AvgIpc) is 2.62. The third kappa shape index (κ3) is 11.1. The molecule has 1 rings (SSSR count). The largest absolute Gasteiger partial charge is 0.466 e. The summed E-state index contributed by atoms with van der Waals surface area (Å²) in [6.07, 6.45) is 7.25. The molecule has 0 saturated heterocycles. The Balaban J connectivity index is 2.14. The molecular weight excluding hydrogens is 316 g/mol. The molecule has 6 nitrogen and oxygen atoms in total. The van der Waals surface area contributed by atoms with Crippen LogP contribution >= 0.6 is 0 Å². The summed E-state index contributed by atoms with van der Waals surface area (Å²) in [5.41, 5.74) is 1.08. The van der Waals surface area contributed by atoms with Crippen molar-refractivity contribution in [3.05, 3.63) is 30.1 Å². The van der Waals surface area contributed by atoms with Gasteiger partial charge >= 0.3 is 5.97 Å². The molecule has 0 saturated carbocycles. The lowest BCUT2D eigenvalue weighted by molar-refractivity contribution is -0.143. The molecule has 25 heavy (non-hydrogen) atoms. The van der Waals surface area contributed by atoms with Crippen molar-refractivity contribution in [2.45, 2.75) is 52.4 Å². The molecule has 0 amide bonds. The number of aliphatic imine (C=N–C) groups is 1. The van der Waals surface area contributed by atoms with Gasteiger partial charge in [0.25, 0.3) is 0 Å². The van der Waals surface area contributed by atoms with Crippen molar-refractivity contribution in [3.8, 4) is 0 Å². The van der Waals surface area contributed by atoms with Crippen LogP contribution in [0.1, 0.15) is 51.6 Å². The van der Waals surface area contributed by atoms with Crippen molar-refractivity contribution in [2.24, 2.45) is 4.99 Å². The maximum atomic E-state index is 11.2. The topological polar surface area (TPSA) is 75.6 Å². The van der Waals surface area contributed by atoms with Crippen LogP contribution in [0.4, 0.5) is 0 Å². The van der Waals surface area contributed by atoms with Crippen molar-refractivity contribution in [3.63, 3.8) is 0 Å². The highest BCUT2D eigenvalue weighted by molar-refractivity contribution is 5.79. The van der Waals surface area contributed by atoms with Crippen molar-refractivity contribution >= 4 is 11.9 Å². The third-order valence-electron chi connectivity index (χ3n) is 3.61. The molecule has 1 aromatic rings. The number of pyridine rings is 1. The highest BCUT2D eigenvalue weighted by Gasteiger charge is 2.01. The Kier molecular flexibility index (Phi) is 11.9. The first-order chi connectivity index (χ1) is 12.3. The van der Waals surface area contributed by atoms with Gasteiger partial charge in [-0.3, -0.25) is 14.8 Å². The molecule has 0 radical (unpaired) electrons. The number of ether oxygens (including phenoxy) is 1. The van der Waals surface area contributed by atoms with Gasteiger partial charge in [-0.2, -0.15) is 0 Å². The normalized spacial score (nSPS) is 11.2. The summed E-state index contributed by atoms with van der Waals surface area (Å²) in [6.45, 7) is 6.80. The molecule has 0 aliphatic heterocycles. The van der Waals surface area contributed by atoms with Gasteiger partial charge in [-0.15, -0.1) is 0 Å². The zero-order chi connectivity index (χ0) is 18.2. The number of esters is 1. The van der Waals surface area contributed by atoms with Crippen LogP contribution in [0.15, 0.2) is 29.4 Å². The molecule has 1 aromatic heterocycles. The lowest BCUT2D eigenvalue weighted by Crippen LogP contribution is -2.38. The average molecular weight is 348 g/mol. The second-order valence-corrected chi connectivity index (χ2v) is 5.73. The Morgan fingerprint density at radius 2 is 2.00 bits per heavy atom. The maximum Gasteiger partial charge on any atom is 0.305 e. The van der Waals surface area contributed by atoms with Crippen LogP contribution in [0.2, 0.25) is 0 Å². The molecule has 2 N–H and O–H groups in total. The van der Waals surface area contributed by atoms with Crippen molar-refractivity contribution in [1.82, 2.24) is 15.6 Å². The highest BCUT2D eigenvalue weighted by atomic mass is 16.5. The van der Waals surface area contributed by atoms with Crippen LogP contribution in [0.3, 0.4) is 0 Å². The van der Waals surface area contributed by atoms with E-state index in [0.717, 1.165) is 63.4 Å². The molecule has 6 heteroatoms. The van der Waals surface area contributed by atoms with E-state index in [1.54, 1.807) is 0 Å². The first kappa shape index (κ1) is 20.9. The number of hydrogen-bond acceptors (Lipinski definition) is 4. The summed E-state index contributed by atoms with van der Waals surface area (Å²) in [7, 11) is 0. The predicted molar refractivity (Wildman–Crippen MR) is 102 cm³/mol. The fraction of sp³-hybridized carbons (Fsp3) is 0.632.